The first-order valence-electron chi connectivity index (χ1n) is 3.36. The van der Waals surface area contributed by atoms with Crippen LogP contribution in [0.25, 0.3) is 0 Å². The highest BCUT2D eigenvalue weighted by Crippen LogP contribution is 2.12. The van der Waals surface area contributed by atoms with Gasteiger partial charge in [0.2, 0.25) is 0 Å². The maximum absolute atomic E-state index is 9.21. The first kappa shape index (κ1) is 7.94. The van der Waals surface area contributed by atoms with Crippen molar-refractivity contribution in [3.63, 3.8) is 0 Å². The minimum absolute atomic E-state index is 0.222. The zero-order chi connectivity index (χ0) is 7.72. The number of hydrogen-bond donors (Lipinski definition) is 3. The lowest BCUT2D eigenvalue weighted by atomic mass is 9.99. The molecule has 0 aromatic rings. The first-order valence-corrected chi connectivity index (χ1v) is 3.36. The largest absolute Gasteiger partial charge is 0.389 e. The molecular weight excluding hydrogens is 134 g/mol. The predicted octanol–water partition coefficient (Wildman–Crippen LogP) is -1.55. The van der Waals surface area contributed by atoms with Gasteiger partial charge in [0.05, 0.1) is 31.0 Å². The Balaban J connectivity index is 2.52. The minimum atomic E-state index is -0.747. The molecule has 1 rings (SSSR count). The van der Waals surface area contributed by atoms with Crippen molar-refractivity contribution in [2.24, 2.45) is 5.73 Å². The van der Waals surface area contributed by atoms with Gasteiger partial charge in [0.15, 0.2) is 0 Å². The van der Waals surface area contributed by atoms with Crippen molar-refractivity contribution in [2.45, 2.75) is 31.3 Å². The van der Waals surface area contributed by atoms with Crippen molar-refractivity contribution >= 4 is 0 Å². The summed E-state index contributed by atoms with van der Waals surface area (Å²) in [5, 5.41) is 18.3. The van der Waals surface area contributed by atoms with Crippen LogP contribution in [0.5, 0.6) is 0 Å². The fourth-order valence-corrected chi connectivity index (χ4v) is 1.00. The molecule has 0 saturated carbocycles. The molecule has 0 aromatic carbocycles. The van der Waals surface area contributed by atoms with Gasteiger partial charge in [-0.1, -0.05) is 0 Å². The molecule has 0 aromatic heterocycles. The molecule has 4 nitrogen and oxygen atoms in total. The Bertz CT molecular complexity index is 106. The number of aliphatic hydroxyl groups is 2. The lowest BCUT2D eigenvalue weighted by Crippen LogP contribution is -2.56. The van der Waals surface area contributed by atoms with Gasteiger partial charge >= 0.3 is 0 Å². The van der Waals surface area contributed by atoms with Gasteiger partial charge in [-0.05, 0) is 6.92 Å². The Kier molecular flexibility index (Phi) is 2.25. The van der Waals surface area contributed by atoms with Crippen LogP contribution in [0.4, 0.5) is 0 Å². The third-order valence-corrected chi connectivity index (χ3v) is 1.85. The molecule has 0 unspecified atom stereocenters. The molecule has 60 valence electrons. The van der Waals surface area contributed by atoms with E-state index >= 15 is 0 Å². The Labute approximate surface area is 59.6 Å². The smallest absolute Gasteiger partial charge is 0.0975 e. The van der Waals surface area contributed by atoms with Crippen LogP contribution in [0.2, 0.25) is 0 Å². The zero-order valence-corrected chi connectivity index (χ0v) is 5.90. The van der Waals surface area contributed by atoms with Crippen LogP contribution >= 0.6 is 0 Å². The zero-order valence-electron chi connectivity index (χ0n) is 5.90. The van der Waals surface area contributed by atoms with Gasteiger partial charge < -0.3 is 20.7 Å². The van der Waals surface area contributed by atoms with Crippen LogP contribution in [0, 0.1) is 0 Å². The van der Waals surface area contributed by atoms with E-state index in [1.165, 1.54) is 0 Å². The summed E-state index contributed by atoms with van der Waals surface area (Å²) in [5.74, 6) is 0. The maximum Gasteiger partial charge on any atom is 0.0975 e. The summed E-state index contributed by atoms with van der Waals surface area (Å²) in [5.41, 5.74) is 5.43. The van der Waals surface area contributed by atoms with Crippen LogP contribution in [0.3, 0.4) is 0 Å². The molecule has 1 heterocycles. The number of aliphatic hydroxyl groups excluding tert-OH is 2. The second-order valence-electron chi connectivity index (χ2n) is 2.67. The van der Waals surface area contributed by atoms with Crippen molar-refractivity contribution in [3.05, 3.63) is 0 Å². The lowest BCUT2D eigenvalue weighted by Gasteiger charge is -2.34. The SMILES string of the molecule is C[C@H]1OC[C@H](O)[C@H](N)[C@@H]1O. The minimum Gasteiger partial charge on any atom is -0.389 e. The third-order valence-electron chi connectivity index (χ3n) is 1.85. The Morgan fingerprint density at radius 1 is 1.50 bits per heavy atom. The molecule has 1 aliphatic heterocycles. The van der Waals surface area contributed by atoms with Gasteiger partial charge in [0, 0.05) is 0 Å². The van der Waals surface area contributed by atoms with Gasteiger partial charge in [-0.25, -0.2) is 0 Å². The summed E-state index contributed by atoms with van der Waals surface area (Å²) in [6, 6.07) is -0.566. The second-order valence-corrected chi connectivity index (χ2v) is 2.67. The molecule has 0 radical (unpaired) electrons. The highest BCUT2D eigenvalue weighted by Gasteiger charge is 2.33. The van der Waals surface area contributed by atoms with E-state index < -0.39 is 18.2 Å². The summed E-state index contributed by atoms with van der Waals surface area (Å²) in [7, 11) is 0. The molecule has 1 saturated heterocycles. The van der Waals surface area contributed by atoms with Crippen LogP contribution in [-0.4, -0.2) is 41.2 Å². The third kappa shape index (κ3) is 1.29. The number of nitrogens with two attached hydrogens (primary N) is 1. The molecule has 1 fully saturated rings. The standard InChI is InChI=1S/C6H13NO3/c1-3-6(9)5(7)4(8)2-10-3/h3-6,8-9H,2,7H2,1H3/t3-,4+,5+,6-/m1/s1. The van der Waals surface area contributed by atoms with E-state index in [2.05, 4.69) is 0 Å². The van der Waals surface area contributed by atoms with E-state index in [1.807, 2.05) is 0 Å². The molecule has 0 amide bonds. The molecule has 10 heavy (non-hydrogen) atoms. The first-order chi connectivity index (χ1) is 4.63. The normalized spacial score (nSPS) is 49.2. The predicted molar refractivity (Wildman–Crippen MR) is 35.4 cm³/mol. The molecule has 4 heteroatoms. The molecule has 4 atom stereocenters. The Hall–Kier alpha value is -0.160. The number of hydrogen-bond acceptors (Lipinski definition) is 4. The molecule has 0 spiro atoms. The van der Waals surface area contributed by atoms with E-state index in [4.69, 9.17) is 15.6 Å². The summed E-state index contributed by atoms with van der Waals surface area (Å²) in [6.45, 7) is 1.95. The monoisotopic (exact) mass is 147 g/mol. The quantitative estimate of drug-likeness (QED) is 0.388. The second kappa shape index (κ2) is 2.84. The van der Waals surface area contributed by atoms with E-state index in [1.54, 1.807) is 6.92 Å². The number of ether oxygens (including phenoxy) is 1. The summed E-state index contributed by atoms with van der Waals surface area (Å²) >= 11 is 0. The highest BCUT2D eigenvalue weighted by atomic mass is 16.5. The average Bonchev–Trinajstić information content (AvgIpc) is 1.93. The van der Waals surface area contributed by atoms with E-state index in [0.29, 0.717) is 0 Å². The van der Waals surface area contributed by atoms with Crippen LogP contribution < -0.4 is 5.73 Å². The summed E-state index contributed by atoms with van der Waals surface area (Å²) in [6.07, 6.45) is -1.74. The van der Waals surface area contributed by atoms with Gasteiger partial charge in [-0.2, -0.15) is 0 Å². The molecular formula is C6H13NO3. The van der Waals surface area contributed by atoms with E-state index in [-0.39, 0.29) is 12.7 Å². The van der Waals surface area contributed by atoms with Crippen molar-refractivity contribution in [3.8, 4) is 0 Å². The highest BCUT2D eigenvalue weighted by molar-refractivity contribution is 4.87. The topological polar surface area (TPSA) is 75.7 Å². The van der Waals surface area contributed by atoms with E-state index in [0.717, 1.165) is 0 Å². The van der Waals surface area contributed by atoms with Crippen LogP contribution in [0.15, 0.2) is 0 Å². The lowest BCUT2D eigenvalue weighted by molar-refractivity contribution is -0.127. The fourth-order valence-electron chi connectivity index (χ4n) is 1.00. The van der Waals surface area contributed by atoms with Crippen molar-refractivity contribution < 1.29 is 14.9 Å². The fraction of sp³-hybridized carbons (Fsp3) is 1.00. The van der Waals surface area contributed by atoms with Crippen LogP contribution in [0.1, 0.15) is 6.92 Å². The molecule has 4 N–H and O–H groups in total. The summed E-state index contributed by atoms with van der Waals surface area (Å²) < 4.78 is 4.99. The molecule has 0 bridgehead atoms. The Morgan fingerprint density at radius 2 is 2.10 bits per heavy atom. The van der Waals surface area contributed by atoms with Crippen LogP contribution in [-0.2, 0) is 4.74 Å². The van der Waals surface area contributed by atoms with Crippen molar-refractivity contribution in [2.75, 3.05) is 6.61 Å². The van der Waals surface area contributed by atoms with E-state index in [9.17, 15) is 5.11 Å². The molecule has 0 aliphatic carbocycles. The van der Waals surface area contributed by atoms with Gasteiger partial charge in [0.1, 0.15) is 0 Å². The number of rotatable bonds is 0. The van der Waals surface area contributed by atoms with Gasteiger partial charge in [-0.15, -0.1) is 0 Å². The maximum atomic E-state index is 9.21. The van der Waals surface area contributed by atoms with Gasteiger partial charge in [-0.3, -0.25) is 0 Å². The average molecular weight is 147 g/mol. The summed E-state index contributed by atoms with van der Waals surface area (Å²) in [4.78, 5) is 0. The van der Waals surface area contributed by atoms with Gasteiger partial charge in [0.25, 0.3) is 0 Å². The van der Waals surface area contributed by atoms with Crippen molar-refractivity contribution in [1.29, 1.82) is 0 Å². The van der Waals surface area contributed by atoms with Crippen molar-refractivity contribution in [1.82, 2.24) is 0 Å². The molecule has 1 aliphatic rings. The Morgan fingerprint density at radius 3 is 2.60 bits per heavy atom.